The van der Waals surface area contributed by atoms with Gasteiger partial charge in [-0.1, -0.05) is 194 Å². The Morgan fingerprint density at radius 2 is 0.295 bits per heavy atom. The largest absolute Gasteiger partial charge is 0.456 e. The number of furan rings is 8. The smallest absolute Gasteiger partial charge is 0.179 e. The summed E-state index contributed by atoms with van der Waals surface area (Å²) in [4.78, 5) is 0. The molecule has 0 bridgehead atoms. The van der Waals surface area contributed by atoms with Crippen molar-refractivity contribution in [2.75, 3.05) is 0 Å². The Kier molecular flexibility index (Phi) is 11.4. The quantitative estimate of drug-likeness (QED) is 0.109. The lowest BCUT2D eigenvalue weighted by Gasteiger charge is -2.34. The van der Waals surface area contributed by atoms with Crippen LogP contribution in [0.2, 0.25) is 0 Å². The van der Waals surface area contributed by atoms with Crippen molar-refractivity contribution in [3.63, 3.8) is 0 Å². The van der Waals surface area contributed by atoms with Gasteiger partial charge in [0, 0.05) is 110 Å². The maximum atomic E-state index is 6.99. The average molecular weight is 1360 g/mol. The maximum Gasteiger partial charge on any atom is 0.179 e. The molecule has 0 aliphatic heterocycles. The van der Waals surface area contributed by atoms with E-state index in [-0.39, 0.29) is 0 Å². The van der Waals surface area contributed by atoms with Crippen LogP contribution in [-0.4, -0.2) is 8.07 Å². The van der Waals surface area contributed by atoms with Gasteiger partial charge in [0.05, 0.1) is 0 Å². The van der Waals surface area contributed by atoms with E-state index in [0.717, 1.165) is 241 Å². The second kappa shape index (κ2) is 21.1. The fraction of sp³-hybridized carbons (Fsp3) is 0. The molecule has 0 unspecified atom stereocenters. The first-order valence-electron chi connectivity index (χ1n) is 35.4. The van der Waals surface area contributed by atoms with Gasteiger partial charge >= 0.3 is 0 Å². The molecule has 0 saturated carbocycles. The van der Waals surface area contributed by atoms with Crippen LogP contribution in [0.5, 0.6) is 0 Å². The minimum absolute atomic E-state index is 0.741. The average Bonchev–Trinajstić information content (AvgIpc) is 1.67. The standard InChI is InChI=1S/C96H52O8Si/c1-5-13-53(14-6-1)57-21-29-81-65(37-57)73-45-77-69-41-61(25-33-85(69)101-93(77)49-89(73)97-81)105(62-26-34-86-70(42-62)78-46-74-66-38-58(54-15-7-2-8-16-54)22-30-82(66)98-90(74)50-94(78)102-86,63-27-35-87-71(43-63)79-47-75-67-39-59(55-17-9-3-10-18-55)23-31-83(67)99-91(75)51-95(79)103-87)64-28-36-88-72(44-64)80-48-76-68-40-60(56-19-11-4-12-20-56)24-32-84(68)100-92(76)52-96(80)104-88/h1-52H. The van der Waals surface area contributed by atoms with Crippen LogP contribution in [0, 0.1) is 0 Å². The summed E-state index contributed by atoms with van der Waals surface area (Å²) in [6.07, 6.45) is 0. The van der Waals surface area contributed by atoms with E-state index in [1.165, 1.54) is 0 Å². The predicted octanol–water partition coefficient (Wildman–Crippen LogP) is 24.9. The molecule has 0 atom stereocenters. The first-order valence-corrected chi connectivity index (χ1v) is 37.4. The van der Waals surface area contributed by atoms with Gasteiger partial charge in [-0.25, -0.2) is 0 Å². The molecule has 0 saturated heterocycles. The summed E-state index contributed by atoms with van der Waals surface area (Å²) in [7, 11) is -3.77. The van der Waals surface area contributed by atoms with Crippen molar-refractivity contribution in [1.82, 2.24) is 0 Å². The number of benzene rings is 16. The van der Waals surface area contributed by atoms with Crippen LogP contribution in [0.3, 0.4) is 0 Å². The zero-order chi connectivity index (χ0) is 68.3. The lowest BCUT2D eigenvalue weighted by molar-refractivity contribution is 0.655. The highest BCUT2D eigenvalue weighted by atomic mass is 28.3. The summed E-state index contributed by atoms with van der Waals surface area (Å²) in [5.74, 6) is 0. The SMILES string of the molecule is c1ccc(-c2ccc3oc4cc5oc6ccc([Si](c7ccc8oc9cc%10oc%11ccc(-c%12ccccc%12)cc%11c%10cc9c8c7)(c7ccc8oc9cc%10oc%11ccc(-c%12ccccc%12)cc%11c%10cc9c8c7)c7ccc8oc9cc%10oc%11ccc(-c%12ccccc%12)cc%11c%10cc9c8c7)cc6c5cc4c3c2)cc1. The number of hydrogen-bond donors (Lipinski definition) is 0. The topological polar surface area (TPSA) is 105 Å². The second-order valence-corrected chi connectivity index (χ2v) is 31.9. The van der Waals surface area contributed by atoms with Crippen LogP contribution in [0.4, 0.5) is 0 Å². The van der Waals surface area contributed by atoms with E-state index in [1.807, 2.05) is 0 Å². The molecule has 9 heteroatoms. The summed E-state index contributed by atoms with van der Waals surface area (Å²) < 4.78 is 54.7. The van der Waals surface area contributed by atoms with Crippen molar-refractivity contribution in [3.8, 4) is 44.5 Å². The molecule has 488 valence electrons. The van der Waals surface area contributed by atoms with E-state index in [4.69, 9.17) is 35.3 Å². The van der Waals surface area contributed by atoms with Crippen molar-refractivity contribution >= 4 is 204 Å². The monoisotopic (exact) mass is 1360 g/mol. The van der Waals surface area contributed by atoms with E-state index in [1.54, 1.807) is 0 Å². The summed E-state index contributed by atoms with van der Waals surface area (Å²) in [5, 5.41) is 20.7. The van der Waals surface area contributed by atoms with Crippen molar-refractivity contribution in [2.24, 2.45) is 0 Å². The molecular weight excluding hydrogens is 1310 g/mol. The first kappa shape index (κ1) is 56.8. The van der Waals surface area contributed by atoms with Gasteiger partial charge in [0.15, 0.2) is 8.07 Å². The van der Waals surface area contributed by atoms with Gasteiger partial charge < -0.3 is 35.3 Å². The molecule has 0 aliphatic carbocycles. The van der Waals surface area contributed by atoms with Crippen LogP contribution in [-0.2, 0) is 0 Å². The number of hydrogen-bond acceptors (Lipinski definition) is 8. The fourth-order valence-electron chi connectivity index (χ4n) is 17.4. The molecule has 8 heterocycles. The summed E-state index contributed by atoms with van der Waals surface area (Å²) in [5.41, 5.74) is 21.4. The Bertz CT molecular complexity index is 6900. The van der Waals surface area contributed by atoms with Crippen molar-refractivity contribution in [1.29, 1.82) is 0 Å². The van der Waals surface area contributed by atoms with Crippen LogP contribution in [0.1, 0.15) is 0 Å². The maximum absolute atomic E-state index is 6.99. The third kappa shape index (κ3) is 8.32. The number of rotatable bonds is 8. The fourth-order valence-corrected chi connectivity index (χ4v) is 22.1. The zero-order valence-corrected chi connectivity index (χ0v) is 56.8. The third-order valence-corrected chi connectivity index (χ3v) is 27.1. The summed E-state index contributed by atoms with van der Waals surface area (Å²) in [6.45, 7) is 0. The van der Waals surface area contributed by atoms with Gasteiger partial charge in [-0.2, -0.15) is 0 Å². The van der Waals surface area contributed by atoms with Gasteiger partial charge in [0.25, 0.3) is 0 Å². The first-order chi connectivity index (χ1) is 51.9. The van der Waals surface area contributed by atoms with E-state index in [0.29, 0.717) is 0 Å². The molecule has 8 aromatic heterocycles. The van der Waals surface area contributed by atoms with Crippen molar-refractivity contribution < 1.29 is 35.3 Å². The van der Waals surface area contributed by atoms with Crippen LogP contribution < -0.4 is 20.7 Å². The number of fused-ring (bicyclic) bond motifs is 24. The molecule has 0 aliphatic rings. The normalized spacial score (nSPS) is 12.6. The van der Waals surface area contributed by atoms with Gasteiger partial charge in [0.1, 0.15) is 89.3 Å². The molecule has 16 aromatic carbocycles. The minimum atomic E-state index is -3.77. The van der Waals surface area contributed by atoms with Gasteiger partial charge in [-0.3, -0.25) is 0 Å². The van der Waals surface area contributed by atoms with E-state index >= 15 is 0 Å². The van der Waals surface area contributed by atoms with Crippen LogP contribution in [0.25, 0.3) is 220 Å². The summed E-state index contributed by atoms with van der Waals surface area (Å²) in [6, 6.07) is 113. The van der Waals surface area contributed by atoms with Crippen molar-refractivity contribution in [3.05, 3.63) is 315 Å². The Hall–Kier alpha value is -13.9. The predicted molar refractivity (Wildman–Crippen MR) is 430 cm³/mol. The second-order valence-electron chi connectivity index (χ2n) is 28.1. The minimum Gasteiger partial charge on any atom is -0.456 e. The van der Waals surface area contributed by atoms with Crippen molar-refractivity contribution in [2.45, 2.75) is 0 Å². The third-order valence-electron chi connectivity index (χ3n) is 22.4. The summed E-state index contributed by atoms with van der Waals surface area (Å²) >= 11 is 0. The molecule has 0 radical (unpaired) electrons. The van der Waals surface area contributed by atoms with Crippen LogP contribution in [0.15, 0.2) is 351 Å². The molecule has 105 heavy (non-hydrogen) atoms. The van der Waals surface area contributed by atoms with Gasteiger partial charge in [-0.05, 0) is 162 Å². The Morgan fingerprint density at radius 3 is 0.495 bits per heavy atom. The molecule has 0 amide bonds. The molecule has 24 aromatic rings. The molecule has 8 nitrogen and oxygen atoms in total. The van der Waals surface area contributed by atoms with E-state index in [9.17, 15) is 0 Å². The van der Waals surface area contributed by atoms with E-state index < -0.39 is 8.07 Å². The molecule has 0 N–H and O–H groups in total. The van der Waals surface area contributed by atoms with E-state index in [2.05, 4.69) is 315 Å². The lowest BCUT2D eigenvalue weighted by Crippen LogP contribution is -2.74. The highest BCUT2D eigenvalue weighted by Gasteiger charge is 2.43. The highest BCUT2D eigenvalue weighted by molar-refractivity contribution is 7.20. The van der Waals surface area contributed by atoms with Crippen LogP contribution >= 0.6 is 0 Å². The van der Waals surface area contributed by atoms with Gasteiger partial charge in [0.2, 0.25) is 0 Å². The molecule has 24 rings (SSSR count). The zero-order valence-electron chi connectivity index (χ0n) is 55.8. The lowest BCUT2D eigenvalue weighted by atomic mass is 10.0. The molecule has 0 spiro atoms. The highest BCUT2D eigenvalue weighted by Crippen LogP contribution is 2.45. The molecule has 0 fully saturated rings. The Labute approximate surface area is 595 Å². The van der Waals surface area contributed by atoms with Gasteiger partial charge in [-0.15, -0.1) is 0 Å². The Morgan fingerprint density at radius 1 is 0.124 bits per heavy atom. The molecular formula is C96H52O8Si. The Balaban J connectivity index is 0.798.